The van der Waals surface area contributed by atoms with Crippen LogP contribution in [0.1, 0.15) is 11.1 Å². The molecule has 0 unspecified atom stereocenters. The fourth-order valence-electron chi connectivity index (χ4n) is 1.06. The van der Waals surface area contributed by atoms with Crippen molar-refractivity contribution in [2.45, 2.75) is 12.7 Å². The molecular weight excluding hydrogens is 144 g/mol. The number of fused-ring (bicyclic) bond motifs is 1. The minimum Gasteiger partial charge on any atom is -0.425 e. The van der Waals surface area contributed by atoms with Crippen LogP contribution in [0.4, 0.5) is 0 Å². The molecule has 10 heavy (non-hydrogen) atoms. The molecule has 0 fully saturated rings. The molecule has 1 aromatic carbocycles. The Labute approximate surface area is 64.6 Å². The lowest BCUT2D eigenvalue weighted by molar-refractivity contribution is 0.660. The van der Waals surface area contributed by atoms with Crippen LogP contribution in [0.25, 0.3) is 0 Å². The first-order valence-electron chi connectivity index (χ1n) is 3.25. The maximum absolute atomic E-state index is 5.27. The van der Waals surface area contributed by atoms with E-state index in [-0.39, 0.29) is 0 Å². The van der Waals surface area contributed by atoms with E-state index in [0.717, 1.165) is 11.5 Å². The Balaban J connectivity index is 2.52. The maximum Gasteiger partial charge on any atom is 0.141 e. The van der Waals surface area contributed by atoms with Gasteiger partial charge in [0.05, 0.1) is 17.8 Å². The summed E-state index contributed by atoms with van der Waals surface area (Å²) in [4.78, 5) is 0. The van der Waals surface area contributed by atoms with Crippen molar-refractivity contribution < 1.29 is 4.18 Å². The molecule has 0 N–H and O–H groups in total. The molecule has 0 saturated carbocycles. The highest BCUT2D eigenvalue weighted by molar-refractivity contribution is 7.94. The number of hydrogen-bond acceptors (Lipinski definition) is 2. The van der Waals surface area contributed by atoms with Crippen LogP contribution in [0.3, 0.4) is 0 Å². The average Bonchev–Trinajstić information content (AvgIpc) is 2.33. The van der Waals surface area contributed by atoms with E-state index >= 15 is 0 Å². The summed E-state index contributed by atoms with van der Waals surface area (Å²) in [7, 11) is 0. The van der Waals surface area contributed by atoms with Crippen molar-refractivity contribution in [1.82, 2.24) is 0 Å². The highest BCUT2D eigenvalue weighted by Crippen LogP contribution is 2.33. The van der Waals surface area contributed by atoms with Crippen molar-refractivity contribution in [3.8, 4) is 5.75 Å². The predicted molar refractivity (Wildman–Crippen MR) is 43.1 cm³/mol. The summed E-state index contributed by atoms with van der Waals surface area (Å²) in [5.74, 6) is 2.03. The van der Waals surface area contributed by atoms with Gasteiger partial charge in [0.2, 0.25) is 0 Å². The fourth-order valence-corrected chi connectivity index (χ4v) is 1.76. The van der Waals surface area contributed by atoms with Gasteiger partial charge in [-0.15, -0.1) is 0 Å². The van der Waals surface area contributed by atoms with Gasteiger partial charge in [-0.25, -0.2) is 0 Å². The molecule has 0 spiro atoms. The smallest absolute Gasteiger partial charge is 0.141 e. The molecule has 52 valence electrons. The molecule has 0 atom stereocenters. The zero-order chi connectivity index (χ0) is 6.97. The van der Waals surface area contributed by atoms with E-state index < -0.39 is 0 Å². The van der Waals surface area contributed by atoms with Crippen LogP contribution in [0, 0.1) is 6.92 Å². The summed E-state index contributed by atoms with van der Waals surface area (Å²) < 4.78 is 5.27. The van der Waals surface area contributed by atoms with Crippen molar-refractivity contribution in [3.63, 3.8) is 0 Å². The molecule has 1 aliphatic heterocycles. The second-order valence-corrected chi connectivity index (χ2v) is 3.15. The van der Waals surface area contributed by atoms with Crippen molar-refractivity contribution in [1.29, 1.82) is 0 Å². The summed E-state index contributed by atoms with van der Waals surface area (Å²) in [6, 6.07) is 6.28. The van der Waals surface area contributed by atoms with Crippen LogP contribution in [-0.2, 0) is 5.75 Å². The Morgan fingerprint density at radius 2 is 2.40 bits per heavy atom. The van der Waals surface area contributed by atoms with Gasteiger partial charge in [-0.3, -0.25) is 0 Å². The molecule has 0 aliphatic carbocycles. The van der Waals surface area contributed by atoms with Crippen LogP contribution >= 0.6 is 12.0 Å². The highest BCUT2D eigenvalue weighted by atomic mass is 32.2. The molecule has 0 aromatic heterocycles. The number of hydrogen-bond donors (Lipinski definition) is 0. The first-order chi connectivity index (χ1) is 4.86. The first kappa shape index (κ1) is 6.10. The molecule has 0 radical (unpaired) electrons. The van der Waals surface area contributed by atoms with Crippen LogP contribution < -0.4 is 4.18 Å². The number of benzene rings is 1. The summed E-state index contributed by atoms with van der Waals surface area (Å²) in [6.07, 6.45) is 0. The first-order valence-corrected chi connectivity index (χ1v) is 4.16. The summed E-state index contributed by atoms with van der Waals surface area (Å²) >= 11 is 1.51. The van der Waals surface area contributed by atoms with Gasteiger partial charge in [0.15, 0.2) is 0 Å². The third-order valence-electron chi connectivity index (χ3n) is 1.58. The second-order valence-electron chi connectivity index (χ2n) is 2.46. The van der Waals surface area contributed by atoms with Gasteiger partial charge >= 0.3 is 0 Å². The zero-order valence-corrected chi connectivity index (χ0v) is 6.57. The van der Waals surface area contributed by atoms with Crippen molar-refractivity contribution >= 4 is 12.0 Å². The van der Waals surface area contributed by atoms with E-state index in [1.54, 1.807) is 0 Å². The molecule has 2 heteroatoms. The molecule has 0 amide bonds. The minimum absolute atomic E-state index is 0.997. The van der Waals surface area contributed by atoms with E-state index in [1.807, 2.05) is 6.07 Å². The van der Waals surface area contributed by atoms with Gasteiger partial charge in [0.25, 0.3) is 0 Å². The van der Waals surface area contributed by atoms with Gasteiger partial charge in [0, 0.05) is 5.56 Å². The largest absolute Gasteiger partial charge is 0.425 e. The van der Waals surface area contributed by atoms with Crippen molar-refractivity contribution in [2.75, 3.05) is 0 Å². The van der Waals surface area contributed by atoms with Gasteiger partial charge < -0.3 is 4.18 Å². The number of rotatable bonds is 0. The lowest BCUT2D eigenvalue weighted by Crippen LogP contribution is -1.77. The lowest BCUT2D eigenvalue weighted by Gasteiger charge is -1.95. The fraction of sp³-hybridized carbons (Fsp3) is 0.250. The Kier molecular flexibility index (Phi) is 1.34. The predicted octanol–water partition coefficient (Wildman–Crippen LogP) is 2.54. The van der Waals surface area contributed by atoms with Crippen molar-refractivity contribution in [3.05, 3.63) is 29.3 Å². The van der Waals surface area contributed by atoms with Crippen LogP contribution in [0.5, 0.6) is 5.75 Å². The average molecular weight is 152 g/mol. The van der Waals surface area contributed by atoms with Gasteiger partial charge in [-0.05, 0) is 13.0 Å². The third-order valence-corrected chi connectivity index (χ3v) is 2.31. The molecule has 1 heterocycles. The van der Waals surface area contributed by atoms with Gasteiger partial charge in [-0.1, -0.05) is 17.7 Å². The minimum atomic E-state index is 0.997. The Morgan fingerprint density at radius 3 is 3.30 bits per heavy atom. The van der Waals surface area contributed by atoms with Crippen LogP contribution in [-0.4, -0.2) is 0 Å². The Morgan fingerprint density at radius 1 is 1.50 bits per heavy atom. The van der Waals surface area contributed by atoms with Crippen LogP contribution in [0.15, 0.2) is 18.2 Å². The molecule has 1 aromatic rings. The standard InChI is InChI=1S/C8H8OS/c1-6-2-3-8-7(4-6)5-10-9-8/h2-4H,5H2,1H3. The summed E-state index contributed by atoms with van der Waals surface area (Å²) in [6.45, 7) is 2.10. The van der Waals surface area contributed by atoms with Crippen LogP contribution in [0.2, 0.25) is 0 Å². The Hall–Kier alpha value is -0.630. The summed E-state index contributed by atoms with van der Waals surface area (Å²) in [5, 5.41) is 0. The maximum atomic E-state index is 5.27. The molecule has 0 saturated heterocycles. The van der Waals surface area contributed by atoms with E-state index in [9.17, 15) is 0 Å². The summed E-state index contributed by atoms with van der Waals surface area (Å²) in [5.41, 5.74) is 2.63. The van der Waals surface area contributed by atoms with Crippen molar-refractivity contribution in [2.24, 2.45) is 0 Å². The topological polar surface area (TPSA) is 9.23 Å². The molecule has 0 bridgehead atoms. The Bertz CT molecular complexity index is 257. The van der Waals surface area contributed by atoms with Gasteiger partial charge in [-0.2, -0.15) is 0 Å². The van der Waals surface area contributed by atoms with E-state index in [0.29, 0.717) is 0 Å². The normalized spacial score (nSPS) is 14.5. The zero-order valence-electron chi connectivity index (χ0n) is 5.76. The monoisotopic (exact) mass is 152 g/mol. The second kappa shape index (κ2) is 2.20. The SMILES string of the molecule is Cc1ccc2c(c1)CSO2. The van der Waals surface area contributed by atoms with E-state index in [4.69, 9.17) is 4.18 Å². The number of aryl methyl sites for hydroxylation is 1. The molecule has 1 nitrogen and oxygen atoms in total. The third kappa shape index (κ3) is 0.886. The van der Waals surface area contributed by atoms with Gasteiger partial charge in [0.1, 0.15) is 5.75 Å². The lowest BCUT2D eigenvalue weighted by atomic mass is 10.1. The van der Waals surface area contributed by atoms with E-state index in [2.05, 4.69) is 19.1 Å². The quantitative estimate of drug-likeness (QED) is 0.528. The highest BCUT2D eigenvalue weighted by Gasteiger charge is 2.11. The molecule has 1 aliphatic rings. The molecular formula is C8H8OS. The van der Waals surface area contributed by atoms with E-state index in [1.165, 1.54) is 23.2 Å². The molecule has 2 rings (SSSR count).